The maximum atomic E-state index is 12.1. The molecule has 0 saturated carbocycles. The summed E-state index contributed by atoms with van der Waals surface area (Å²) in [5.74, 6) is -0.726. The van der Waals surface area contributed by atoms with E-state index >= 15 is 0 Å². The molecule has 0 spiro atoms. The maximum absolute atomic E-state index is 12.1. The highest BCUT2D eigenvalue weighted by Gasteiger charge is 2.21. The molecule has 0 bridgehead atoms. The van der Waals surface area contributed by atoms with Gasteiger partial charge in [0.25, 0.3) is 5.91 Å². The van der Waals surface area contributed by atoms with E-state index in [9.17, 15) is 9.59 Å². The van der Waals surface area contributed by atoms with Gasteiger partial charge in [-0.2, -0.15) is 17.0 Å². The van der Waals surface area contributed by atoms with Crippen LogP contribution in [0.5, 0.6) is 0 Å². The van der Waals surface area contributed by atoms with E-state index in [1.165, 1.54) is 22.9 Å². The lowest BCUT2D eigenvalue weighted by Gasteiger charge is -2.26. The van der Waals surface area contributed by atoms with Gasteiger partial charge in [-0.05, 0) is 18.4 Å². The predicted molar refractivity (Wildman–Crippen MR) is 78.7 cm³/mol. The Balaban J connectivity index is 2.66. The van der Waals surface area contributed by atoms with Crippen LogP contribution in [-0.4, -0.2) is 66.2 Å². The van der Waals surface area contributed by atoms with E-state index in [1.807, 2.05) is 12.3 Å². The van der Waals surface area contributed by atoms with Crippen LogP contribution < -0.4 is 5.32 Å². The summed E-state index contributed by atoms with van der Waals surface area (Å²) in [5, 5.41) is 20.8. The summed E-state index contributed by atoms with van der Waals surface area (Å²) in [6, 6.07) is 1.01. The van der Waals surface area contributed by atoms with Crippen molar-refractivity contribution in [3.63, 3.8) is 0 Å². The highest BCUT2D eigenvalue weighted by Crippen LogP contribution is 2.06. The Morgan fingerprint density at radius 1 is 1.52 bits per heavy atom. The molecule has 2 N–H and O–H groups in total. The molecule has 1 rings (SSSR count). The van der Waals surface area contributed by atoms with E-state index < -0.39 is 17.9 Å². The van der Waals surface area contributed by atoms with Crippen LogP contribution in [-0.2, 0) is 14.3 Å². The Morgan fingerprint density at radius 3 is 2.71 bits per heavy atom. The summed E-state index contributed by atoms with van der Waals surface area (Å²) in [7, 11) is 0. The number of nitriles is 1. The van der Waals surface area contributed by atoms with E-state index in [1.54, 1.807) is 0 Å². The topological polar surface area (TPSA) is 103 Å². The molecule has 7 nitrogen and oxygen atoms in total. The van der Waals surface area contributed by atoms with Gasteiger partial charge < -0.3 is 20.1 Å². The number of carboxylic acids is 1. The average Bonchev–Trinajstić information content (AvgIpc) is 2.51. The molecule has 1 aliphatic heterocycles. The van der Waals surface area contributed by atoms with Crippen LogP contribution >= 0.6 is 11.8 Å². The predicted octanol–water partition coefficient (Wildman–Crippen LogP) is 0.0486. The van der Waals surface area contributed by atoms with Crippen molar-refractivity contribution < 1.29 is 19.4 Å². The van der Waals surface area contributed by atoms with Gasteiger partial charge in [-0.1, -0.05) is 0 Å². The van der Waals surface area contributed by atoms with Crippen molar-refractivity contribution in [1.82, 2.24) is 10.2 Å². The molecular formula is C13H19N3O4S. The van der Waals surface area contributed by atoms with Gasteiger partial charge in [0, 0.05) is 19.3 Å². The molecule has 0 aliphatic carbocycles. The van der Waals surface area contributed by atoms with Crippen molar-refractivity contribution in [3.05, 3.63) is 11.8 Å². The first-order valence-electron chi connectivity index (χ1n) is 6.55. The molecule has 116 valence electrons. The molecule has 1 unspecified atom stereocenters. The van der Waals surface area contributed by atoms with Crippen molar-refractivity contribution in [1.29, 1.82) is 5.26 Å². The van der Waals surface area contributed by atoms with Gasteiger partial charge >= 0.3 is 5.97 Å². The number of thioether (sulfide) groups is 1. The zero-order valence-corrected chi connectivity index (χ0v) is 12.7. The number of aliphatic carboxylic acids is 1. The zero-order chi connectivity index (χ0) is 15.7. The van der Waals surface area contributed by atoms with E-state index in [-0.39, 0.29) is 5.57 Å². The quantitative estimate of drug-likeness (QED) is 0.505. The molecule has 8 heteroatoms. The van der Waals surface area contributed by atoms with Gasteiger partial charge in [0.05, 0.1) is 13.2 Å². The van der Waals surface area contributed by atoms with Crippen molar-refractivity contribution in [2.75, 3.05) is 38.3 Å². The summed E-state index contributed by atoms with van der Waals surface area (Å²) >= 11 is 1.54. The Morgan fingerprint density at radius 2 is 2.19 bits per heavy atom. The summed E-state index contributed by atoms with van der Waals surface area (Å²) in [5.41, 5.74) is -0.0905. The van der Waals surface area contributed by atoms with Crippen LogP contribution in [0.4, 0.5) is 0 Å². The van der Waals surface area contributed by atoms with Crippen molar-refractivity contribution in [2.45, 2.75) is 12.5 Å². The molecule has 1 fully saturated rings. The number of nitrogens with zero attached hydrogens (tertiary/aromatic N) is 2. The van der Waals surface area contributed by atoms with E-state index in [4.69, 9.17) is 15.1 Å². The van der Waals surface area contributed by atoms with Gasteiger partial charge in [-0.3, -0.25) is 4.79 Å². The van der Waals surface area contributed by atoms with Crippen LogP contribution in [0.3, 0.4) is 0 Å². The number of carbonyl (C=O) groups excluding carboxylic acids is 1. The average molecular weight is 313 g/mol. The Labute approximate surface area is 127 Å². The summed E-state index contributed by atoms with van der Waals surface area (Å²) in [6.07, 6.45) is 3.51. The zero-order valence-electron chi connectivity index (χ0n) is 11.9. The van der Waals surface area contributed by atoms with Gasteiger partial charge in [0.1, 0.15) is 17.7 Å². The SMILES string of the molecule is CSCCC(N/C=C(/C#N)C(=O)N1CCOCC1)C(=O)O. The van der Waals surface area contributed by atoms with Crippen LogP contribution in [0.1, 0.15) is 6.42 Å². The number of carboxylic acid groups (broad SMARTS) is 1. The van der Waals surface area contributed by atoms with Crippen LogP contribution in [0, 0.1) is 11.3 Å². The smallest absolute Gasteiger partial charge is 0.326 e. The second-order valence-corrected chi connectivity index (χ2v) is 5.40. The number of ether oxygens (including phenoxy) is 1. The number of hydrogen-bond acceptors (Lipinski definition) is 6. The summed E-state index contributed by atoms with van der Waals surface area (Å²) in [6.45, 7) is 1.77. The normalized spacial score (nSPS) is 17.0. The number of nitrogens with one attached hydrogen (secondary N) is 1. The molecule has 0 radical (unpaired) electrons. The third kappa shape index (κ3) is 5.65. The maximum Gasteiger partial charge on any atom is 0.326 e. The number of hydrogen-bond donors (Lipinski definition) is 2. The molecular weight excluding hydrogens is 294 g/mol. The molecule has 1 amide bonds. The fourth-order valence-electron chi connectivity index (χ4n) is 1.78. The Hall–Kier alpha value is -1.72. The second kappa shape index (κ2) is 9.26. The highest BCUT2D eigenvalue weighted by molar-refractivity contribution is 7.98. The Kier molecular flexibility index (Phi) is 7.64. The third-order valence-corrected chi connectivity index (χ3v) is 3.63. The molecule has 0 aromatic heterocycles. The van der Waals surface area contributed by atoms with Crippen LogP contribution in [0.2, 0.25) is 0 Å². The standard InChI is InChI=1S/C13H19N3O4S/c1-21-7-2-11(13(18)19)15-9-10(8-14)12(17)16-3-5-20-6-4-16/h9,11,15H,2-7H2,1H3,(H,18,19)/b10-9-. The second-order valence-electron chi connectivity index (χ2n) is 4.41. The number of rotatable bonds is 7. The summed E-state index contributed by atoms with van der Waals surface area (Å²) in [4.78, 5) is 24.7. The van der Waals surface area contributed by atoms with E-state index in [0.717, 1.165) is 0 Å². The van der Waals surface area contributed by atoms with Gasteiger partial charge in [-0.25, -0.2) is 4.79 Å². The molecule has 1 heterocycles. The molecule has 0 aromatic rings. The van der Waals surface area contributed by atoms with Crippen LogP contribution in [0.25, 0.3) is 0 Å². The fraction of sp³-hybridized carbons (Fsp3) is 0.615. The Bertz CT molecular complexity index is 441. The van der Waals surface area contributed by atoms with Crippen molar-refractivity contribution >= 4 is 23.6 Å². The minimum atomic E-state index is -1.00. The lowest BCUT2D eigenvalue weighted by molar-refractivity contribution is -0.139. The van der Waals surface area contributed by atoms with Crippen LogP contribution in [0.15, 0.2) is 11.8 Å². The first kappa shape index (κ1) is 17.3. The number of carbonyl (C=O) groups is 2. The third-order valence-electron chi connectivity index (χ3n) is 2.99. The van der Waals surface area contributed by atoms with Crippen molar-refractivity contribution in [2.24, 2.45) is 0 Å². The monoisotopic (exact) mass is 313 g/mol. The van der Waals surface area contributed by atoms with Crippen molar-refractivity contribution in [3.8, 4) is 6.07 Å². The molecule has 1 saturated heterocycles. The summed E-state index contributed by atoms with van der Waals surface area (Å²) < 4.78 is 5.15. The minimum Gasteiger partial charge on any atom is -0.480 e. The highest BCUT2D eigenvalue weighted by atomic mass is 32.2. The molecule has 21 heavy (non-hydrogen) atoms. The lowest BCUT2D eigenvalue weighted by atomic mass is 10.2. The molecule has 0 aromatic carbocycles. The minimum absolute atomic E-state index is 0.0905. The van der Waals surface area contributed by atoms with E-state index in [2.05, 4.69) is 5.32 Å². The lowest BCUT2D eigenvalue weighted by Crippen LogP contribution is -2.42. The van der Waals surface area contributed by atoms with Gasteiger partial charge in [0.15, 0.2) is 0 Å². The largest absolute Gasteiger partial charge is 0.480 e. The number of morpholine rings is 1. The van der Waals surface area contributed by atoms with Gasteiger partial charge in [0.2, 0.25) is 0 Å². The number of amides is 1. The van der Waals surface area contributed by atoms with Gasteiger partial charge in [-0.15, -0.1) is 0 Å². The van der Waals surface area contributed by atoms with E-state index in [0.29, 0.717) is 38.5 Å². The molecule has 1 aliphatic rings. The molecule has 1 atom stereocenters. The first-order chi connectivity index (χ1) is 10.1. The first-order valence-corrected chi connectivity index (χ1v) is 7.94. The fourth-order valence-corrected chi connectivity index (χ4v) is 2.25.